The van der Waals surface area contributed by atoms with E-state index in [0.717, 1.165) is 27.8 Å². The van der Waals surface area contributed by atoms with Crippen molar-refractivity contribution in [3.8, 4) is 11.1 Å². The maximum Gasteiger partial charge on any atom is 0.407 e. The van der Waals surface area contributed by atoms with Crippen LogP contribution in [0.1, 0.15) is 41.9 Å². The molecule has 3 aromatic carbocycles. The van der Waals surface area contributed by atoms with Gasteiger partial charge in [0.25, 0.3) is 0 Å². The zero-order valence-corrected chi connectivity index (χ0v) is 23.4. The molecule has 2 N–H and O–H groups in total. The van der Waals surface area contributed by atoms with Gasteiger partial charge in [-0.1, -0.05) is 78.9 Å². The van der Waals surface area contributed by atoms with Gasteiger partial charge in [-0.15, -0.1) is 0 Å². The van der Waals surface area contributed by atoms with Crippen molar-refractivity contribution in [1.82, 2.24) is 15.1 Å². The van der Waals surface area contributed by atoms with Crippen LogP contribution in [-0.4, -0.2) is 72.2 Å². The molecule has 2 aliphatic rings. The Bertz CT molecular complexity index is 1320. The minimum absolute atomic E-state index is 0.0610. The fraction of sp³-hybridized carbons (Fsp3) is 0.364. The average Bonchev–Trinajstić information content (AvgIpc) is 3.29. The molecule has 1 heterocycles. The number of aliphatic carboxylic acids is 1. The van der Waals surface area contributed by atoms with Crippen LogP contribution < -0.4 is 5.32 Å². The zero-order chi connectivity index (χ0) is 28.8. The molecule has 0 aromatic heterocycles. The van der Waals surface area contributed by atoms with Crippen molar-refractivity contribution in [2.75, 3.05) is 33.3 Å². The number of carbonyl (C=O) groups is 3. The molecule has 1 aliphatic heterocycles. The van der Waals surface area contributed by atoms with Gasteiger partial charge in [-0.2, -0.15) is 0 Å². The van der Waals surface area contributed by atoms with E-state index in [1.54, 1.807) is 4.90 Å². The molecule has 214 valence electrons. The first-order valence-corrected chi connectivity index (χ1v) is 14.2. The van der Waals surface area contributed by atoms with Gasteiger partial charge < -0.3 is 20.1 Å². The third-order valence-corrected chi connectivity index (χ3v) is 8.11. The SMILES string of the molecule is CN(Cc1ccccc1)CC(NC(=O)OCC1c2ccccc2-c2ccccc21)C(=O)N1CCC(CC(=O)O)CC1. The van der Waals surface area contributed by atoms with Crippen LogP contribution in [0.2, 0.25) is 0 Å². The number of hydrogen-bond donors (Lipinski definition) is 2. The van der Waals surface area contributed by atoms with Crippen molar-refractivity contribution in [2.24, 2.45) is 5.92 Å². The fourth-order valence-electron chi connectivity index (χ4n) is 6.06. The molecule has 0 radical (unpaired) electrons. The normalized spacial score (nSPS) is 15.7. The van der Waals surface area contributed by atoms with Crippen LogP contribution in [0.5, 0.6) is 0 Å². The zero-order valence-electron chi connectivity index (χ0n) is 23.4. The first-order valence-electron chi connectivity index (χ1n) is 14.2. The Hall–Kier alpha value is -4.17. The van der Waals surface area contributed by atoms with Crippen LogP contribution >= 0.6 is 0 Å². The molecule has 5 rings (SSSR count). The van der Waals surface area contributed by atoms with Gasteiger partial charge in [0.15, 0.2) is 0 Å². The van der Waals surface area contributed by atoms with Gasteiger partial charge in [0.1, 0.15) is 12.6 Å². The highest BCUT2D eigenvalue weighted by atomic mass is 16.5. The molecule has 1 aliphatic carbocycles. The van der Waals surface area contributed by atoms with Crippen LogP contribution in [-0.2, 0) is 20.9 Å². The Kier molecular flexibility index (Phi) is 8.99. The van der Waals surface area contributed by atoms with Gasteiger partial charge >= 0.3 is 12.1 Å². The first kappa shape index (κ1) is 28.4. The van der Waals surface area contributed by atoms with Crippen molar-refractivity contribution in [3.05, 3.63) is 95.6 Å². The number of nitrogens with zero attached hydrogens (tertiary/aromatic N) is 2. The van der Waals surface area contributed by atoms with E-state index < -0.39 is 18.1 Å². The standard InChI is InChI=1S/C33H37N3O5/c1-35(20-24-9-3-2-4-10-24)21-30(32(39)36-17-15-23(16-18-36)19-31(37)38)34-33(40)41-22-29-27-13-7-5-11-25(27)26-12-6-8-14-28(26)29/h2-14,23,29-30H,15-22H2,1H3,(H,34,40)(H,37,38). The summed E-state index contributed by atoms with van der Waals surface area (Å²) in [6.45, 7) is 2.05. The van der Waals surface area contributed by atoms with Crippen LogP contribution in [0.15, 0.2) is 78.9 Å². The summed E-state index contributed by atoms with van der Waals surface area (Å²) < 4.78 is 5.76. The van der Waals surface area contributed by atoms with E-state index in [1.807, 2.05) is 66.5 Å². The molecule has 3 aromatic rings. The van der Waals surface area contributed by atoms with Gasteiger partial charge in [0.2, 0.25) is 5.91 Å². The number of ether oxygens (including phenoxy) is 1. The van der Waals surface area contributed by atoms with Crippen molar-refractivity contribution in [2.45, 2.75) is 37.8 Å². The minimum atomic E-state index is -0.813. The molecule has 1 fully saturated rings. The summed E-state index contributed by atoms with van der Waals surface area (Å²) >= 11 is 0. The Morgan fingerprint density at radius 3 is 2.12 bits per heavy atom. The van der Waals surface area contributed by atoms with E-state index in [9.17, 15) is 14.4 Å². The molecule has 0 spiro atoms. The number of hydrogen-bond acceptors (Lipinski definition) is 5. The highest BCUT2D eigenvalue weighted by Gasteiger charge is 2.33. The summed E-state index contributed by atoms with van der Waals surface area (Å²) in [5.41, 5.74) is 5.66. The molecule has 1 saturated heterocycles. The third-order valence-electron chi connectivity index (χ3n) is 8.11. The van der Waals surface area contributed by atoms with Crippen LogP contribution in [0.4, 0.5) is 4.79 Å². The monoisotopic (exact) mass is 555 g/mol. The van der Waals surface area contributed by atoms with Crippen LogP contribution in [0.3, 0.4) is 0 Å². The van der Waals surface area contributed by atoms with E-state index in [1.165, 1.54) is 0 Å². The molecule has 1 atom stereocenters. The van der Waals surface area contributed by atoms with E-state index in [-0.39, 0.29) is 30.8 Å². The molecule has 8 nitrogen and oxygen atoms in total. The highest BCUT2D eigenvalue weighted by Crippen LogP contribution is 2.44. The maximum absolute atomic E-state index is 13.7. The average molecular weight is 556 g/mol. The number of fused-ring (bicyclic) bond motifs is 3. The number of likely N-dealkylation sites (N-methyl/N-ethyl adjacent to an activating group) is 1. The van der Waals surface area contributed by atoms with Crippen molar-refractivity contribution < 1.29 is 24.2 Å². The fourth-order valence-corrected chi connectivity index (χ4v) is 6.06. The van der Waals surface area contributed by atoms with Gasteiger partial charge in [0, 0.05) is 38.5 Å². The molecule has 1 unspecified atom stereocenters. The number of likely N-dealkylation sites (tertiary alicyclic amines) is 1. The number of carboxylic acids is 1. The van der Waals surface area contributed by atoms with Gasteiger partial charge in [-0.3, -0.25) is 14.5 Å². The van der Waals surface area contributed by atoms with E-state index in [4.69, 9.17) is 9.84 Å². The number of amides is 2. The van der Waals surface area contributed by atoms with Gasteiger partial charge in [0.05, 0.1) is 0 Å². The van der Waals surface area contributed by atoms with E-state index in [2.05, 4.69) is 29.6 Å². The number of nitrogens with one attached hydrogen (secondary N) is 1. The summed E-state index contributed by atoms with van der Waals surface area (Å²) in [4.78, 5) is 41.7. The lowest BCUT2D eigenvalue weighted by molar-refractivity contribution is -0.139. The third kappa shape index (κ3) is 6.95. The van der Waals surface area contributed by atoms with Crippen molar-refractivity contribution >= 4 is 18.0 Å². The summed E-state index contributed by atoms with van der Waals surface area (Å²) in [6.07, 6.45) is 0.757. The molecular formula is C33H37N3O5. The smallest absolute Gasteiger partial charge is 0.407 e. The largest absolute Gasteiger partial charge is 0.481 e. The molecular weight excluding hydrogens is 518 g/mol. The van der Waals surface area contributed by atoms with Crippen LogP contribution in [0, 0.1) is 5.92 Å². The summed E-state index contributed by atoms with van der Waals surface area (Å²) in [5.74, 6) is -0.999. The number of benzene rings is 3. The molecule has 41 heavy (non-hydrogen) atoms. The lowest BCUT2D eigenvalue weighted by Gasteiger charge is -2.35. The molecule has 2 amide bonds. The number of carbonyl (C=O) groups excluding carboxylic acids is 2. The van der Waals surface area contributed by atoms with E-state index in [0.29, 0.717) is 39.0 Å². The summed E-state index contributed by atoms with van der Waals surface area (Å²) in [5, 5.41) is 12.0. The highest BCUT2D eigenvalue weighted by molar-refractivity contribution is 5.86. The topological polar surface area (TPSA) is 99.2 Å². The lowest BCUT2D eigenvalue weighted by atomic mass is 9.93. The number of carboxylic acid groups (broad SMARTS) is 1. The van der Waals surface area contributed by atoms with E-state index >= 15 is 0 Å². The molecule has 0 bridgehead atoms. The van der Waals surface area contributed by atoms with Gasteiger partial charge in [-0.25, -0.2) is 4.79 Å². The predicted molar refractivity (Wildman–Crippen MR) is 156 cm³/mol. The Balaban J connectivity index is 1.25. The Morgan fingerprint density at radius 1 is 0.927 bits per heavy atom. The summed E-state index contributed by atoms with van der Waals surface area (Å²) in [6, 6.07) is 25.5. The lowest BCUT2D eigenvalue weighted by Crippen LogP contribution is -2.54. The Labute approximate surface area is 240 Å². The second-order valence-electron chi connectivity index (χ2n) is 11.1. The van der Waals surface area contributed by atoms with Crippen molar-refractivity contribution in [1.29, 1.82) is 0 Å². The quantitative estimate of drug-likeness (QED) is 0.375. The molecule has 0 saturated carbocycles. The first-order chi connectivity index (χ1) is 19.9. The van der Waals surface area contributed by atoms with Gasteiger partial charge in [-0.05, 0) is 53.6 Å². The van der Waals surface area contributed by atoms with Crippen LogP contribution in [0.25, 0.3) is 11.1 Å². The predicted octanol–water partition coefficient (Wildman–Crippen LogP) is 4.74. The van der Waals surface area contributed by atoms with Crippen molar-refractivity contribution in [3.63, 3.8) is 0 Å². The number of piperidine rings is 1. The second-order valence-corrected chi connectivity index (χ2v) is 11.1. The minimum Gasteiger partial charge on any atom is -0.481 e. The Morgan fingerprint density at radius 2 is 1.51 bits per heavy atom. The molecule has 8 heteroatoms. The summed E-state index contributed by atoms with van der Waals surface area (Å²) in [7, 11) is 1.92. The number of alkyl carbamates (subject to hydrolysis) is 1. The second kappa shape index (κ2) is 13.0. The number of rotatable bonds is 10. The maximum atomic E-state index is 13.7.